The predicted octanol–water partition coefficient (Wildman–Crippen LogP) is 3.00. The first-order valence-electron chi connectivity index (χ1n) is 6.91. The summed E-state index contributed by atoms with van der Waals surface area (Å²) in [6.45, 7) is 7.93. The Morgan fingerprint density at radius 2 is 2.06 bits per heavy atom. The maximum atomic E-state index is 4.71. The third-order valence-corrected chi connectivity index (χ3v) is 3.89. The number of aryl methyl sites for hydroxylation is 1. The number of pyridine rings is 1. The van der Waals surface area contributed by atoms with Gasteiger partial charge >= 0.3 is 0 Å². The van der Waals surface area contributed by atoms with Crippen molar-refractivity contribution in [3.05, 3.63) is 23.4 Å². The molecule has 3 heteroatoms. The third kappa shape index (κ3) is 2.51. The number of anilines is 1. The van der Waals surface area contributed by atoms with Crippen molar-refractivity contribution < 1.29 is 0 Å². The SMILES string of the molecule is Cc1nc(N(C)C)ccc1[C@H]1CCCN1C(C)C. The first-order valence-corrected chi connectivity index (χ1v) is 6.91. The Balaban J connectivity index is 2.28. The lowest BCUT2D eigenvalue weighted by molar-refractivity contribution is 0.204. The Labute approximate surface area is 111 Å². The van der Waals surface area contributed by atoms with Crippen LogP contribution in [0.2, 0.25) is 0 Å². The second-order valence-corrected chi connectivity index (χ2v) is 5.73. The zero-order valence-electron chi connectivity index (χ0n) is 12.3. The quantitative estimate of drug-likeness (QED) is 0.818. The zero-order valence-corrected chi connectivity index (χ0v) is 12.3. The Bertz CT molecular complexity index is 412. The molecule has 1 saturated heterocycles. The van der Waals surface area contributed by atoms with Gasteiger partial charge < -0.3 is 4.90 Å². The van der Waals surface area contributed by atoms with Gasteiger partial charge in [-0.25, -0.2) is 4.98 Å². The van der Waals surface area contributed by atoms with Gasteiger partial charge in [-0.1, -0.05) is 6.07 Å². The van der Waals surface area contributed by atoms with Crippen LogP contribution in [0.25, 0.3) is 0 Å². The summed E-state index contributed by atoms with van der Waals surface area (Å²) in [4.78, 5) is 9.37. The average Bonchev–Trinajstić information content (AvgIpc) is 2.77. The first-order chi connectivity index (χ1) is 8.50. The van der Waals surface area contributed by atoms with Crippen molar-refractivity contribution in [3.63, 3.8) is 0 Å². The molecular formula is C15H25N3. The second-order valence-electron chi connectivity index (χ2n) is 5.73. The van der Waals surface area contributed by atoms with Crippen molar-refractivity contribution in [2.24, 2.45) is 0 Å². The topological polar surface area (TPSA) is 19.4 Å². The smallest absolute Gasteiger partial charge is 0.128 e. The molecule has 0 saturated carbocycles. The summed E-state index contributed by atoms with van der Waals surface area (Å²) in [7, 11) is 4.08. The fourth-order valence-electron chi connectivity index (χ4n) is 2.90. The van der Waals surface area contributed by atoms with Gasteiger partial charge in [-0.2, -0.15) is 0 Å². The number of hydrogen-bond donors (Lipinski definition) is 0. The van der Waals surface area contributed by atoms with Crippen molar-refractivity contribution in [1.82, 2.24) is 9.88 Å². The summed E-state index contributed by atoms with van der Waals surface area (Å²) in [5, 5.41) is 0. The molecule has 1 atom stereocenters. The Hall–Kier alpha value is -1.09. The lowest BCUT2D eigenvalue weighted by Gasteiger charge is -2.29. The molecule has 0 bridgehead atoms. The molecule has 0 N–H and O–H groups in total. The molecule has 1 aromatic rings. The zero-order chi connectivity index (χ0) is 13.3. The van der Waals surface area contributed by atoms with E-state index in [1.165, 1.54) is 30.6 Å². The number of rotatable bonds is 3. The van der Waals surface area contributed by atoms with E-state index in [9.17, 15) is 0 Å². The molecule has 1 fully saturated rings. The number of nitrogens with zero attached hydrogens (tertiary/aromatic N) is 3. The minimum atomic E-state index is 0.564. The molecule has 0 aromatic carbocycles. The average molecular weight is 247 g/mol. The lowest BCUT2D eigenvalue weighted by atomic mass is 10.0. The van der Waals surface area contributed by atoms with Crippen LogP contribution in [-0.4, -0.2) is 36.6 Å². The van der Waals surface area contributed by atoms with E-state index in [1.54, 1.807) is 0 Å². The number of aromatic nitrogens is 1. The summed E-state index contributed by atoms with van der Waals surface area (Å²) >= 11 is 0. The molecule has 1 aromatic heterocycles. The molecule has 0 amide bonds. The van der Waals surface area contributed by atoms with E-state index in [-0.39, 0.29) is 0 Å². The molecule has 100 valence electrons. The van der Waals surface area contributed by atoms with E-state index in [4.69, 9.17) is 4.98 Å². The molecule has 0 radical (unpaired) electrons. The molecule has 0 spiro atoms. The summed E-state index contributed by atoms with van der Waals surface area (Å²) in [5.41, 5.74) is 2.59. The van der Waals surface area contributed by atoms with Crippen molar-refractivity contribution in [1.29, 1.82) is 0 Å². The van der Waals surface area contributed by atoms with Gasteiger partial charge in [-0.05, 0) is 51.8 Å². The highest BCUT2D eigenvalue weighted by atomic mass is 15.2. The van der Waals surface area contributed by atoms with Gasteiger partial charge in [0.1, 0.15) is 5.82 Å². The highest BCUT2D eigenvalue weighted by Gasteiger charge is 2.29. The Morgan fingerprint density at radius 3 is 2.61 bits per heavy atom. The maximum absolute atomic E-state index is 4.71. The molecule has 1 aliphatic heterocycles. The van der Waals surface area contributed by atoms with Crippen molar-refractivity contribution in [3.8, 4) is 0 Å². The minimum absolute atomic E-state index is 0.564. The van der Waals surface area contributed by atoms with Crippen LogP contribution in [0.1, 0.15) is 44.0 Å². The Morgan fingerprint density at radius 1 is 1.33 bits per heavy atom. The summed E-state index contributed by atoms with van der Waals surface area (Å²) in [6, 6.07) is 5.58. The normalized spacial score (nSPS) is 20.7. The summed E-state index contributed by atoms with van der Waals surface area (Å²) in [6.07, 6.45) is 2.57. The molecule has 0 aliphatic carbocycles. The van der Waals surface area contributed by atoms with Crippen LogP contribution in [0.4, 0.5) is 5.82 Å². The van der Waals surface area contributed by atoms with Crippen molar-refractivity contribution in [2.45, 2.75) is 45.7 Å². The van der Waals surface area contributed by atoms with E-state index in [2.05, 4.69) is 42.7 Å². The van der Waals surface area contributed by atoms with Gasteiger partial charge in [0.05, 0.1) is 0 Å². The molecule has 3 nitrogen and oxygen atoms in total. The van der Waals surface area contributed by atoms with E-state index < -0.39 is 0 Å². The summed E-state index contributed by atoms with van der Waals surface area (Å²) in [5.74, 6) is 1.05. The second kappa shape index (κ2) is 5.27. The van der Waals surface area contributed by atoms with E-state index in [1.807, 2.05) is 14.1 Å². The monoisotopic (exact) mass is 247 g/mol. The molecule has 18 heavy (non-hydrogen) atoms. The standard InChI is InChI=1S/C15H25N3/c1-11(2)18-10-6-7-14(18)13-8-9-15(17(4)5)16-12(13)3/h8-9,11,14H,6-7,10H2,1-5H3/t14-/m1/s1. The van der Waals surface area contributed by atoms with Crippen LogP contribution in [0.15, 0.2) is 12.1 Å². The minimum Gasteiger partial charge on any atom is -0.363 e. The van der Waals surface area contributed by atoms with Crippen molar-refractivity contribution in [2.75, 3.05) is 25.5 Å². The first kappa shape index (κ1) is 13.3. The number of hydrogen-bond acceptors (Lipinski definition) is 3. The van der Waals surface area contributed by atoms with E-state index in [0.29, 0.717) is 12.1 Å². The fourth-order valence-corrected chi connectivity index (χ4v) is 2.90. The van der Waals surface area contributed by atoms with Crippen LogP contribution < -0.4 is 4.90 Å². The van der Waals surface area contributed by atoms with Crippen molar-refractivity contribution >= 4 is 5.82 Å². The molecular weight excluding hydrogens is 222 g/mol. The molecule has 0 unspecified atom stereocenters. The highest BCUT2D eigenvalue weighted by molar-refractivity contribution is 5.41. The van der Waals surface area contributed by atoms with Gasteiger partial charge in [0, 0.05) is 31.9 Å². The van der Waals surface area contributed by atoms with Crippen LogP contribution in [0.3, 0.4) is 0 Å². The largest absolute Gasteiger partial charge is 0.363 e. The van der Waals surface area contributed by atoms with E-state index in [0.717, 1.165) is 5.82 Å². The Kier molecular flexibility index (Phi) is 3.91. The predicted molar refractivity (Wildman–Crippen MR) is 77.1 cm³/mol. The van der Waals surface area contributed by atoms with Gasteiger partial charge in [0.15, 0.2) is 0 Å². The van der Waals surface area contributed by atoms with E-state index >= 15 is 0 Å². The molecule has 1 aliphatic rings. The molecule has 2 rings (SSSR count). The molecule has 2 heterocycles. The van der Waals surface area contributed by atoms with Crippen LogP contribution in [0, 0.1) is 6.92 Å². The fraction of sp³-hybridized carbons (Fsp3) is 0.667. The van der Waals surface area contributed by atoms with Crippen LogP contribution in [0.5, 0.6) is 0 Å². The van der Waals surface area contributed by atoms with Gasteiger partial charge in [-0.3, -0.25) is 4.90 Å². The lowest BCUT2D eigenvalue weighted by Crippen LogP contribution is -2.30. The van der Waals surface area contributed by atoms with Gasteiger partial charge in [0.2, 0.25) is 0 Å². The van der Waals surface area contributed by atoms with Crippen LogP contribution >= 0.6 is 0 Å². The van der Waals surface area contributed by atoms with Gasteiger partial charge in [-0.15, -0.1) is 0 Å². The summed E-state index contributed by atoms with van der Waals surface area (Å²) < 4.78 is 0. The highest BCUT2D eigenvalue weighted by Crippen LogP contribution is 2.35. The van der Waals surface area contributed by atoms with Crippen LogP contribution in [-0.2, 0) is 0 Å². The number of likely N-dealkylation sites (tertiary alicyclic amines) is 1. The maximum Gasteiger partial charge on any atom is 0.128 e. The third-order valence-electron chi connectivity index (χ3n) is 3.89. The van der Waals surface area contributed by atoms with Gasteiger partial charge in [0.25, 0.3) is 0 Å².